The van der Waals surface area contributed by atoms with Crippen LogP contribution in [0.4, 0.5) is 0 Å². The second-order valence-electron chi connectivity index (χ2n) is 3.25. The first-order valence-electron chi connectivity index (χ1n) is 4.88. The van der Waals surface area contributed by atoms with Gasteiger partial charge in [-0.3, -0.25) is 4.98 Å². The van der Waals surface area contributed by atoms with E-state index in [-0.39, 0.29) is 5.97 Å². The minimum atomic E-state index is -0.310. The van der Waals surface area contributed by atoms with Crippen LogP contribution >= 0.6 is 0 Å². The van der Waals surface area contributed by atoms with Crippen LogP contribution in [0.25, 0.3) is 6.08 Å². The lowest BCUT2D eigenvalue weighted by molar-refractivity contribution is 0.0524. The Hall–Kier alpha value is -1.64. The SMILES string of the molecule is C=Cc1cc(C)c(C(=O)OCC)c(C)n1. The maximum Gasteiger partial charge on any atom is 0.340 e. The van der Waals surface area contributed by atoms with E-state index in [4.69, 9.17) is 4.74 Å². The van der Waals surface area contributed by atoms with Crippen LogP contribution in [0.1, 0.15) is 34.2 Å². The molecule has 0 aliphatic heterocycles. The first-order valence-corrected chi connectivity index (χ1v) is 4.88. The monoisotopic (exact) mass is 205 g/mol. The maximum absolute atomic E-state index is 11.6. The Labute approximate surface area is 89.8 Å². The number of hydrogen-bond donors (Lipinski definition) is 0. The summed E-state index contributed by atoms with van der Waals surface area (Å²) in [6.07, 6.45) is 1.66. The fraction of sp³-hybridized carbons (Fsp3) is 0.333. The Balaban J connectivity index is 3.19. The number of esters is 1. The molecule has 0 bridgehead atoms. The molecule has 0 spiro atoms. The van der Waals surface area contributed by atoms with Gasteiger partial charge in [0.2, 0.25) is 0 Å². The van der Waals surface area contributed by atoms with Gasteiger partial charge in [-0.05, 0) is 38.5 Å². The van der Waals surface area contributed by atoms with Gasteiger partial charge in [-0.15, -0.1) is 0 Å². The van der Waals surface area contributed by atoms with Gasteiger partial charge in [0.1, 0.15) is 0 Å². The molecule has 1 aromatic heterocycles. The Morgan fingerprint density at radius 1 is 1.60 bits per heavy atom. The lowest BCUT2D eigenvalue weighted by Gasteiger charge is -2.09. The van der Waals surface area contributed by atoms with E-state index in [1.807, 2.05) is 13.0 Å². The molecule has 0 atom stereocenters. The van der Waals surface area contributed by atoms with Crippen LogP contribution in [0.2, 0.25) is 0 Å². The first-order chi connectivity index (χ1) is 7.10. The zero-order chi connectivity index (χ0) is 11.4. The molecule has 0 unspecified atom stereocenters. The minimum absolute atomic E-state index is 0.310. The van der Waals surface area contributed by atoms with E-state index >= 15 is 0 Å². The van der Waals surface area contributed by atoms with Crippen molar-refractivity contribution < 1.29 is 9.53 Å². The summed E-state index contributed by atoms with van der Waals surface area (Å²) >= 11 is 0. The topological polar surface area (TPSA) is 39.2 Å². The van der Waals surface area contributed by atoms with Crippen molar-refractivity contribution in [2.45, 2.75) is 20.8 Å². The number of aromatic nitrogens is 1. The standard InChI is InChI=1S/C12H15NO2/c1-5-10-7-8(3)11(9(4)13-10)12(14)15-6-2/h5,7H,1,6H2,2-4H3. The molecule has 80 valence electrons. The lowest BCUT2D eigenvalue weighted by atomic mass is 10.1. The van der Waals surface area contributed by atoms with Crippen LogP contribution in [0.15, 0.2) is 12.6 Å². The van der Waals surface area contributed by atoms with E-state index in [0.717, 1.165) is 11.3 Å². The van der Waals surface area contributed by atoms with Crippen LogP contribution in [-0.2, 0) is 4.74 Å². The third-order valence-corrected chi connectivity index (χ3v) is 2.11. The molecule has 0 amide bonds. The molecule has 0 aliphatic carbocycles. The fourth-order valence-corrected chi connectivity index (χ4v) is 1.48. The van der Waals surface area contributed by atoms with Crippen molar-refractivity contribution in [2.75, 3.05) is 6.61 Å². The van der Waals surface area contributed by atoms with Gasteiger partial charge in [0.05, 0.1) is 23.6 Å². The van der Waals surface area contributed by atoms with E-state index in [1.54, 1.807) is 19.9 Å². The van der Waals surface area contributed by atoms with E-state index in [0.29, 0.717) is 17.9 Å². The highest BCUT2D eigenvalue weighted by Crippen LogP contribution is 2.15. The average Bonchev–Trinajstić information content (AvgIpc) is 2.16. The minimum Gasteiger partial charge on any atom is -0.462 e. The average molecular weight is 205 g/mol. The van der Waals surface area contributed by atoms with Crippen LogP contribution in [0.5, 0.6) is 0 Å². The van der Waals surface area contributed by atoms with Gasteiger partial charge in [0.15, 0.2) is 0 Å². The van der Waals surface area contributed by atoms with Crippen molar-refractivity contribution in [1.29, 1.82) is 0 Å². The van der Waals surface area contributed by atoms with Gasteiger partial charge >= 0.3 is 5.97 Å². The Morgan fingerprint density at radius 2 is 2.27 bits per heavy atom. The van der Waals surface area contributed by atoms with E-state index in [1.165, 1.54) is 0 Å². The van der Waals surface area contributed by atoms with Crippen molar-refractivity contribution >= 4 is 12.0 Å². The molecular weight excluding hydrogens is 190 g/mol. The Bertz CT molecular complexity index is 374. The van der Waals surface area contributed by atoms with Gasteiger partial charge in [-0.25, -0.2) is 4.79 Å². The highest BCUT2D eigenvalue weighted by Gasteiger charge is 2.14. The number of pyridine rings is 1. The van der Waals surface area contributed by atoms with E-state index in [2.05, 4.69) is 11.6 Å². The summed E-state index contributed by atoms with van der Waals surface area (Å²) in [5.74, 6) is -0.310. The van der Waals surface area contributed by atoms with E-state index in [9.17, 15) is 4.79 Å². The molecule has 0 aliphatic rings. The number of ether oxygens (including phenoxy) is 1. The predicted octanol–water partition coefficient (Wildman–Crippen LogP) is 2.52. The Morgan fingerprint density at radius 3 is 2.73 bits per heavy atom. The van der Waals surface area contributed by atoms with Crippen molar-refractivity contribution in [3.63, 3.8) is 0 Å². The summed E-state index contributed by atoms with van der Waals surface area (Å²) in [4.78, 5) is 15.8. The molecule has 0 radical (unpaired) electrons. The first kappa shape index (κ1) is 11.4. The quantitative estimate of drug-likeness (QED) is 0.712. The van der Waals surface area contributed by atoms with Crippen molar-refractivity contribution in [2.24, 2.45) is 0 Å². The molecule has 1 rings (SSSR count). The van der Waals surface area contributed by atoms with Crippen molar-refractivity contribution in [3.05, 3.63) is 35.2 Å². The van der Waals surface area contributed by atoms with Gasteiger partial charge in [-0.2, -0.15) is 0 Å². The van der Waals surface area contributed by atoms with Crippen LogP contribution in [0, 0.1) is 13.8 Å². The third-order valence-electron chi connectivity index (χ3n) is 2.11. The molecule has 0 saturated heterocycles. The highest BCUT2D eigenvalue weighted by atomic mass is 16.5. The van der Waals surface area contributed by atoms with Crippen LogP contribution < -0.4 is 0 Å². The van der Waals surface area contributed by atoms with Crippen molar-refractivity contribution in [3.8, 4) is 0 Å². The molecule has 0 N–H and O–H groups in total. The molecule has 3 nitrogen and oxygen atoms in total. The normalized spacial score (nSPS) is 9.80. The molecule has 1 aromatic rings. The number of aryl methyl sites for hydroxylation is 2. The summed E-state index contributed by atoms with van der Waals surface area (Å²) in [5.41, 5.74) is 2.89. The van der Waals surface area contributed by atoms with Gasteiger partial charge < -0.3 is 4.74 Å². The highest BCUT2D eigenvalue weighted by molar-refractivity contribution is 5.92. The summed E-state index contributed by atoms with van der Waals surface area (Å²) in [6, 6.07) is 1.83. The van der Waals surface area contributed by atoms with Crippen LogP contribution in [0.3, 0.4) is 0 Å². The van der Waals surface area contributed by atoms with Gasteiger partial charge in [0, 0.05) is 0 Å². The van der Waals surface area contributed by atoms with E-state index < -0.39 is 0 Å². The summed E-state index contributed by atoms with van der Waals surface area (Å²) in [5, 5.41) is 0. The summed E-state index contributed by atoms with van der Waals surface area (Å²) in [7, 11) is 0. The molecule has 1 heterocycles. The molecule has 0 aromatic carbocycles. The zero-order valence-corrected chi connectivity index (χ0v) is 9.33. The number of rotatable bonds is 3. The molecule has 3 heteroatoms. The number of nitrogens with zero attached hydrogens (tertiary/aromatic N) is 1. The summed E-state index contributed by atoms with van der Waals surface area (Å²) < 4.78 is 4.96. The Kier molecular flexibility index (Phi) is 3.61. The maximum atomic E-state index is 11.6. The third kappa shape index (κ3) is 2.43. The molecule has 15 heavy (non-hydrogen) atoms. The van der Waals surface area contributed by atoms with Crippen molar-refractivity contribution in [1.82, 2.24) is 4.98 Å². The molecular formula is C12H15NO2. The lowest BCUT2D eigenvalue weighted by Crippen LogP contribution is -2.10. The fourth-order valence-electron chi connectivity index (χ4n) is 1.48. The van der Waals surface area contributed by atoms with Gasteiger partial charge in [-0.1, -0.05) is 6.58 Å². The molecule has 0 saturated carbocycles. The second-order valence-corrected chi connectivity index (χ2v) is 3.25. The zero-order valence-electron chi connectivity index (χ0n) is 9.33. The van der Waals surface area contributed by atoms with Crippen LogP contribution in [-0.4, -0.2) is 17.6 Å². The summed E-state index contributed by atoms with van der Waals surface area (Å²) in [6.45, 7) is 9.47. The number of carbonyl (C=O) groups is 1. The number of carbonyl (C=O) groups excluding carboxylic acids is 1. The number of hydrogen-bond acceptors (Lipinski definition) is 3. The van der Waals surface area contributed by atoms with Gasteiger partial charge in [0.25, 0.3) is 0 Å². The smallest absolute Gasteiger partial charge is 0.340 e. The second kappa shape index (κ2) is 4.73. The largest absolute Gasteiger partial charge is 0.462 e. The molecule has 0 fully saturated rings. The predicted molar refractivity (Wildman–Crippen MR) is 59.8 cm³/mol.